The largest absolute Gasteiger partial charge is 0.314 e. The van der Waals surface area contributed by atoms with Gasteiger partial charge in [-0.25, -0.2) is 4.39 Å². The second-order valence-corrected chi connectivity index (χ2v) is 5.28. The summed E-state index contributed by atoms with van der Waals surface area (Å²) in [4.78, 5) is 14.1. The van der Waals surface area contributed by atoms with Crippen molar-refractivity contribution >= 4 is 11.6 Å². The fraction of sp³-hybridized carbons (Fsp3) is 0.235. The van der Waals surface area contributed by atoms with E-state index in [-0.39, 0.29) is 17.8 Å². The first-order chi connectivity index (χ1) is 10.1. The van der Waals surface area contributed by atoms with Crippen LogP contribution in [-0.2, 0) is 17.8 Å². The molecule has 0 radical (unpaired) electrons. The number of anilines is 1. The minimum atomic E-state index is -0.302. The van der Waals surface area contributed by atoms with Gasteiger partial charge in [-0.3, -0.25) is 4.79 Å². The molecule has 0 fully saturated rings. The molecule has 0 aromatic heterocycles. The van der Waals surface area contributed by atoms with Gasteiger partial charge in [0.25, 0.3) is 0 Å². The monoisotopic (exact) mass is 284 g/mol. The Labute approximate surface area is 123 Å². The molecular formula is C17H17FN2O. The van der Waals surface area contributed by atoms with E-state index < -0.39 is 0 Å². The van der Waals surface area contributed by atoms with Gasteiger partial charge < -0.3 is 10.2 Å². The Bertz CT molecular complexity index is 654. The number of likely N-dealkylation sites (N-methyl/N-ethyl adjacent to an activating group) is 1. The van der Waals surface area contributed by atoms with Crippen molar-refractivity contribution < 1.29 is 9.18 Å². The molecule has 1 N–H and O–H groups in total. The van der Waals surface area contributed by atoms with Crippen molar-refractivity contribution in [3.63, 3.8) is 0 Å². The van der Waals surface area contributed by atoms with Crippen LogP contribution < -0.4 is 10.2 Å². The van der Waals surface area contributed by atoms with Gasteiger partial charge >= 0.3 is 0 Å². The number of hydrogen-bond donors (Lipinski definition) is 1. The summed E-state index contributed by atoms with van der Waals surface area (Å²) in [5.74, 6) is -0.305. The number of halogens is 1. The summed E-state index contributed by atoms with van der Waals surface area (Å²) in [5.41, 5.74) is 3.15. The number of hydrogen-bond acceptors (Lipinski definition) is 2. The Kier molecular flexibility index (Phi) is 3.71. The van der Waals surface area contributed by atoms with Gasteiger partial charge in [-0.1, -0.05) is 24.3 Å². The lowest BCUT2D eigenvalue weighted by atomic mass is 9.95. The molecule has 3 nitrogen and oxygen atoms in total. The molecule has 21 heavy (non-hydrogen) atoms. The highest BCUT2D eigenvalue weighted by molar-refractivity contribution is 5.97. The summed E-state index contributed by atoms with van der Waals surface area (Å²) in [6.07, 6.45) is 0.681. The van der Waals surface area contributed by atoms with E-state index in [2.05, 4.69) is 17.4 Å². The fourth-order valence-electron chi connectivity index (χ4n) is 2.65. The highest BCUT2D eigenvalue weighted by Gasteiger charge is 2.26. The predicted octanol–water partition coefficient (Wildman–Crippen LogP) is 2.50. The molecule has 2 aromatic carbocycles. The van der Waals surface area contributed by atoms with E-state index in [9.17, 15) is 9.18 Å². The Morgan fingerprint density at radius 2 is 1.81 bits per heavy atom. The second kappa shape index (κ2) is 5.66. The molecule has 0 spiro atoms. The van der Waals surface area contributed by atoms with E-state index in [1.165, 1.54) is 23.3 Å². The molecule has 1 atom stereocenters. The summed E-state index contributed by atoms with van der Waals surface area (Å²) in [5, 5.41) is 3.27. The molecular weight excluding hydrogens is 267 g/mol. The quantitative estimate of drug-likeness (QED) is 0.919. The zero-order valence-corrected chi connectivity index (χ0v) is 11.8. The van der Waals surface area contributed by atoms with Crippen LogP contribution in [0.1, 0.15) is 11.1 Å². The number of nitrogens with one attached hydrogen (secondary N) is 1. The minimum absolute atomic E-state index is 0.00360. The van der Waals surface area contributed by atoms with Gasteiger partial charge in [0.15, 0.2) is 0 Å². The van der Waals surface area contributed by atoms with Crippen LogP contribution in [0.4, 0.5) is 10.1 Å². The van der Waals surface area contributed by atoms with E-state index in [0.717, 1.165) is 0 Å². The Balaban J connectivity index is 1.75. The van der Waals surface area contributed by atoms with Crippen LogP contribution in [0.15, 0.2) is 48.5 Å². The van der Waals surface area contributed by atoms with Crippen LogP contribution in [0, 0.1) is 5.82 Å². The van der Waals surface area contributed by atoms with Gasteiger partial charge in [-0.2, -0.15) is 0 Å². The molecule has 1 aliphatic rings. The second-order valence-electron chi connectivity index (χ2n) is 5.28. The van der Waals surface area contributed by atoms with E-state index in [0.29, 0.717) is 18.7 Å². The molecule has 108 valence electrons. The highest BCUT2D eigenvalue weighted by atomic mass is 19.1. The minimum Gasteiger partial charge on any atom is -0.314 e. The number of fused-ring (bicyclic) bond motifs is 1. The van der Waals surface area contributed by atoms with Gasteiger partial charge in [0.1, 0.15) is 5.82 Å². The lowest BCUT2D eigenvalue weighted by molar-refractivity contribution is -0.120. The Morgan fingerprint density at radius 3 is 2.52 bits per heavy atom. The summed E-state index contributed by atoms with van der Waals surface area (Å²) in [7, 11) is 1.72. The third kappa shape index (κ3) is 2.81. The highest BCUT2D eigenvalue weighted by Crippen LogP contribution is 2.20. The van der Waals surface area contributed by atoms with Crippen LogP contribution >= 0.6 is 0 Å². The molecule has 1 amide bonds. The number of rotatable bonds is 2. The Morgan fingerprint density at radius 1 is 1.14 bits per heavy atom. The van der Waals surface area contributed by atoms with Gasteiger partial charge in [0.05, 0.1) is 6.04 Å². The fourth-order valence-corrected chi connectivity index (χ4v) is 2.65. The third-order valence-corrected chi connectivity index (χ3v) is 3.92. The van der Waals surface area contributed by atoms with E-state index >= 15 is 0 Å². The van der Waals surface area contributed by atoms with Crippen LogP contribution in [0.3, 0.4) is 0 Å². The summed E-state index contributed by atoms with van der Waals surface area (Å²) in [6.45, 7) is 0.698. The maximum Gasteiger partial charge on any atom is 0.244 e. The van der Waals surface area contributed by atoms with Crippen molar-refractivity contribution in [2.24, 2.45) is 0 Å². The average Bonchev–Trinajstić information content (AvgIpc) is 2.54. The van der Waals surface area contributed by atoms with Gasteiger partial charge in [0.2, 0.25) is 5.91 Å². The summed E-state index contributed by atoms with van der Waals surface area (Å²) < 4.78 is 13.0. The molecule has 4 heteroatoms. The number of amides is 1. The zero-order valence-electron chi connectivity index (χ0n) is 11.8. The molecule has 1 heterocycles. The van der Waals surface area contributed by atoms with Crippen molar-refractivity contribution in [3.8, 4) is 0 Å². The lowest BCUT2D eigenvalue weighted by Crippen LogP contribution is -2.48. The molecule has 3 rings (SSSR count). The third-order valence-electron chi connectivity index (χ3n) is 3.92. The number of carbonyl (C=O) groups is 1. The van der Waals surface area contributed by atoms with Crippen LogP contribution in [0.25, 0.3) is 0 Å². The van der Waals surface area contributed by atoms with E-state index in [1.807, 2.05) is 12.1 Å². The smallest absolute Gasteiger partial charge is 0.244 e. The molecule has 2 aromatic rings. The van der Waals surface area contributed by atoms with Gasteiger partial charge in [0, 0.05) is 19.3 Å². The van der Waals surface area contributed by atoms with Crippen molar-refractivity contribution in [3.05, 3.63) is 65.5 Å². The topological polar surface area (TPSA) is 32.3 Å². The van der Waals surface area contributed by atoms with E-state index in [1.54, 1.807) is 24.1 Å². The molecule has 0 unspecified atom stereocenters. The number of nitrogens with zero attached hydrogens (tertiary/aromatic N) is 1. The summed E-state index contributed by atoms with van der Waals surface area (Å²) >= 11 is 0. The molecule has 0 saturated carbocycles. The van der Waals surface area contributed by atoms with E-state index in [4.69, 9.17) is 0 Å². The van der Waals surface area contributed by atoms with Gasteiger partial charge in [-0.05, 0) is 41.8 Å². The maximum absolute atomic E-state index is 13.0. The normalized spacial score (nSPS) is 17.1. The predicted molar refractivity (Wildman–Crippen MR) is 80.6 cm³/mol. The SMILES string of the molecule is CN(C(=O)[C@@H]1Cc2ccccc2CN1)c1ccc(F)cc1. The first kappa shape index (κ1) is 13.8. The summed E-state index contributed by atoms with van der Waals surface area (Å²) in [6, 6.07) is 13.9. The van der Waals surface area contributed by atoms with Crippen LogP contribution in [0.5, 0.6) is 0 Å². The first-order valence-electron chi connectivity index (χ1n) is 6.98. The van der Waals surface area contributed by atoms with Crippen LogP contribution in [-0.4, -0.2) is 19.0 Å². The standard InChI is InChI=1S/C17H17FN2O/c1-20(15-8-6-14(18)7-9-15)17(21)16-10-12-4-2-3-5-13(12)11-19-16/h2-9,16,19H,10-11H2,1H3/t16-/m0/s1. The lowest BCUT2D eigenvalue weighted by Gasteiger charge is -2.29. The average molecular weight is 284 g/mol. The number of carbonyl (C=O) groups excluding carboxylic acids is 1. The molecule has 0 aliphatic carbocycles. The van der Waals surface area contributed by atoms with Crippen molar-refractivity contribution in [2.45, 2.75) is 19.0 Å². The zero-order chi connectivity index (χ0) is 14.8. The maximum atomic E-state index is 13.0. The van der Waals surface area contributed by atoms with Crippen molar-refractivity contribution in [2.75, 3.05) is 11.9 Å². The van der Waals surface area contributed by atoms with Crippen LogP contribution in [0.2, 0.25) is 0 Å². The number of benzene rings is 2. The van der Waals surface area contributed by atoms with Gasteiger partial charge in [-0.15, -0.1) is 0 Å². The van der Waals surface area contributed by atoms with Crippen molar-refractivity contribution in [1.29, 1.82) is 0 Å². The molecule has 0 bridgehead atoms. The first-order valence-corrected chi connectivity index (χ1v) is 6.98. The molecule has 1 aliphatic heterocycles. The Hall–Kier alpha value is -2.20. The van der Waals surface area contributed by atoms with Crippen molar-refractivity contribution in [1.82, 2.24) is 5.32 Å². The molecule has 0 saturated heterocycles.